The van der Waals surface area contributed by atoms with E-state index in [9.17, 15) is 13.2 Å². The monoisotopic (exact) mass is 316 g/mol. The second-order valence-corrected chi connectivity index (χ2v) is 6.63. The number of primary amides is 1. The van der Waals surface area contributed by atoms with Crippen LogP contribution in [0.4, 0.5) is 11.4 Å². The van der Waals surface area contributed by atoms with E-state index in [0.717, 1.165) is 4.31 Å². The summed E-state index contributed by atoms with van der Waals surface area (Å²) < 4.78 is 30.0. The molecule has 0 fully saturated rings. The third-order valence-electron chi connectivity index (χ3n) is 2.61. The van der Waals surface area contributed by atoms with Crippen molar-refractivity contribution >= 4 is 27.3 Å². The number of hydrogen-bond donors (Lipinski definition) is 3. The summed E-state index contributed by atoms with van der Waals surface area (Å²) in [6.45, 7) is 0.550. The maximum Gasteiger partial charge on any atom is 0.243 e. The van der Waals surface area contributed by atoms with E-state index >= 15 is 0 Å². The summed E-state index contributed by atoms with van der Waals surface area (Å²) in [5, 5.41) is 2.98. The number of nitrogens with zero attached hydrogens (tertiary/aromatic N) is 1. The molecule has 118 valence electrons. The molecule has 1 aromatic rings. The normalized spacial score (nSPS) is 11.6. The number of sulfonamides is 1. The van der Waals surface area contributed by atoms with Gasteiger partial charge in [-0.15, -0.1) is 0 Å². The molecule has 5 N–H and O–H groups in total. The third kappa shape index (κ3) is 4.88. The van der Waals surface area contributed by atoms with E-state index in [4.69, 9.17) is 16.2 Å². The minimum absolute atomic E-state index is 0.125. The summed E-state index contributed by atoms with van der Waals surface area (Å²) in [5.74, 6) is -0.534. The molecule has 0 unspecified atom stereocenters. The Kier molecular flexibility index (Phi) is 5.94. The zero-order chi connectivity index (χ0) is 16.0. The standard InChI is InChI=1S/C12H20N4O4S/c1-16(2)21(18,19)9-3-4-11(10(13)7-9)15-5-6-20-8-12(14)17/h3-4,7,15H,5-6,8,13H2,1-2H3,(H2,14,17). The quantitative estimate of drug-likeness (QED) is 0.435. The number of amides is 1. The topological polar surface area (TPSA) is 128 Å². The maximum atomic E-state index is 11.9. The average Bonchev–Trinajstić information content (AvgIpc) is 2.39. The van der Waals surface area contributed by atoms with E-state index in [1.165, 1.54) is 26.2 Å². The fourth-order valence-electron chi connectivity index (χ4n) is 1.50. The number of nitrogens with two attached hydrogens (primary N) is 2. The lowest BCUT2D eigenvalue weighted by atomic mass is 10.2. The van der Waals surface area contributed by atoms with Crippen molar-refractivity contribution in [1.82, 2.24) is 4.31 Å². The van der Waals surface area contributed by atoms with Crippen molar-refractivity contribution in [1.29, 1.82) is 0 Å². The Labute approximate surface area is 124 Å². The smallest absolute Gasteiger partial charge is 0.243 e. The van der Waals surface area contributed by atoms with Crippen LogP contribution in [0.5, 0.6) is 0 Å². The highest BCUT2D eigenvalue weighted by Crippen LogP contribution is 2.23. The Bertz CT molecular complexity index is 601. The molecule has 21 heavy (non-hydrogen) atoms. The fraction of sp³-hybridized carbons (Fsp3) is 0.417. The number of hydrogen-bond acceptors (Lipinski definition) is 6. The predicted molar refractivity (Wildman–Crippen MR) is 80.2 cm³/mol. The van der Waals surface area contributed by atoms with Gasteiger partial charge in [-0.2, -0.15) is 0 Å². The maximum absolute atomic E-state index is 11.9. The van der Waals surface area contributed by atoms with Crippen LogP contribution >= 0.6 is 0 Å². The van der Waals surface area contributed by atoms with Crippen molar-refractivity contribution in [2.75, 3.05) is 44.9 Å². The van der Waals surface area contributed by atoms with Crippen molar-refractivity contribution in [3.05, 3.63) is 18.2 Å². The molecule has 0 aliphatic carbocycles. The van der Waals surface area contributed by atoms with E-state index in [2.05, 4.69) is 5.32 Å². The van der Waals surface area contributed by atoms with Gasteiger partial charge in [0.05, 0.1) is 22.9 Å². The Hall–Kier alpha value is -1.84. The Morgan fingerprint density at radius 1 is 1.38 bits per heavy atom. The SMILES string of the molecule is CN(C)S(=O)(=O)c1ccc(NCCOCC(N)=O)c(N)c1. The predicted octanol–water partition coefficient (Wildman–Crippen LogP) is -0.567. The first kappa shape index (κ1) is 17.2. The molecule has 0 saturated carbocycles. The van der Waals surface area contributed by atoms with E-state index in [-0.39, 0.29) is 18.1 Å². The second-order valence-electron chi connectivity index (χ2n) is 4.48. The Morgan fingerprint density at radius 3 is 2.57 bits per heavy atom. The first-order valence-electron chi connectivity index (χ1n) is 6.17. The fourth-order valence-corrected chi connectivity index (χ4v) is 2.44. The van der Waals surface area contributed by atoms with Crippen molar-refractivity contribution in [3.63, 3.8) is 0 Å². The van der Waals surface area contributed by atoms with Gasteiger partial charge in [-0.25, -0.2) is 12.7 Å². The van der Waals surface area contributed by atoms with Crippen LogP contribution in [0, 0.1) is 0 Å². The highest BCUT2D eigenvalue weighted by molar-refractivity contribution is 7.89. The van der Waals surface area contributed by atoms with Gasteiger partial charge in [0.15, 0.2) is 0 Å². The average molecular weight is 316 g/mol. The van der Waals surface area contributed by atoms with Crippen molar-refractivity contribution < 1.29 is 17.9 Å². The molecule has 1 amide bonds. The van der Waals surface area contributed by atoms with Crippen LogP contribution < -0.4 is 16.8 Å². The lowest BCUT2D eigenvalue weighted by Gasteiger charge is -2.14. The molecule has 0 heterocycles. The van der Waals surface area contributed by atoms with Crippen molar-refractivity contribution in [2.24, 2.45) is 5.73 Å². The molecule has 0 aromatic heterocycles. The van der Waals surface area contributed by atoms with Crippen LogP contribution in [-0.2, 0) is 19.6 Å². The largest absolute Gasteiger partial charge is 0.397 e. The van der Waals surface area contributed by atoms with Gasteiger partial charge >= 0.3 is 0 Å². The molecule has 9 heteroatoms. The molecule has 8 nitrogen and oxygen atoms in total. The second kappa shape index (κ2) is 7.25. The Balaban J connectivity index is 2.65. The zero-order valence-corrected chi connectivity index (χ0v) is 12.8. The molecule has 0 aliphatic rings. The molecule has 0 bridgehead atoms. The van der Waals surface area contributed by atoms with Gasteiger partial charge < -0.3 is 21.5 Å². The summed E-state index contributed by atoms with van der Waals surface area (Å²) in [7, 11) is -0.601. The number of benzene rings is 1. The number of rotatable bonds is 8. The lowest BCUT2D eigenvalue weighted by Crippen LogP contribution is -2.22. The molecular weight excluding hydrogens is 296 g/mol. The lowest BCUT2D eigenvalue weighted by molar-refractivity contribution is -0.122. The number of carbonyl (C=O) groups excluding carboxylic acids is 1. The van der Waals surface area contributed by atoms with Gasteiger partial charge in [-0.3, -0.25) is 4.79 Å². The van der Waals surface area contributed by atoms with Crippen LogP contribution in [0.2, 0.25) is 0 Å². The number of carbonyl (C=O) groups is 1. The number of ether oxygens (including phenoxy) is 1. The van der Waals surface area contributed by atoms with E-state index in [1.807, 2.05) is 0 Å². The summed E-state index contributed by atoms with van der Waals surface area (Å²) >= 11 is 0. The molecule has 1 aromatic carbocycles. The molecule has 1 rings (SSSR count). The van der Waals surface area contributed by atoms with Gasteiger partial charge in [0, 0.05) is 20.6 Å². The highest BCUT2D eigenvalue weighted by Gasteiger charge is 2.17. The Morgan fingerprint density at radius 2 is 2.05 bits per heavy atom. The highest BCUT2D eigenvalue weighted by atomic mass is 32.2. The van der Waals surface area contributed by atoms with Crippen LogP contribution in [0.15, 0.2) is 23.1 Å². The van der Waals surface area contributed by atoms with Gasteiger partial charge in [-0.1, -0.05) is 0 Å². The number of anilines is 2. The van der Waals surface area contributed by atoms with Crippen LogP contribution in [-0.4, -0.2) is 52.5 Å². The number of nitrogens with one attached hydrogen (secondary N) is 1. The van der Waals surface area contributed by atoms with Gasteiger partial charge in [0.1, 0.15) is 6.61 Å². The molecule has 0 aliphatic heterocycles. The molecule has 0 radical (unpaired) electrons. The summed E-state index contributed by atoms with van der Waals surface area (Å²) in [4.78, 5) is 10.6. The van der Waals surface area contributed by atoms with Crippen LogP contribution in [0.1, 0.15) is 0 Å². The van der Waals surface area contributed by atoms with E-state index < -0.39 is 15.9 Å². The van der Waals surface area contributed by atoms with Crippen molar-refractivity contribution in [2.45, 2.75) is 4.90 Å². The molecule has 0 atom stereocenters. The van der Waals surface area contributed by atoms with Gasteiger partial charge in [-0.05, 0) is 18.2 Å². The minimum Gasteiger partial charge on any atom is -0.397 e. The molecular formula is C12H20N4O4S. The first-order valence-corrected chi connectivity index (χ1v) is 7.61. The molecule has 0 spiro atoms. The summed E-state index contributed by atoms with van der Waals surface area (Å²) in [6, 6.07) is 4.44. The zero-order valence-electron chi connectivity index (χ0n) is 12.0. The van der Waals surface area contributed by atoms with E-state index in [0.29, 0.717) is 17.9 Å². The first-order chi connectivity index (χ1) is 9.75. The summed E-state index contributed by atoms with van der Waals surface area (Å²) in [5.41, 5.74) is 11.7. The summed E-state index contributed by atoms with van der Waals surface area (Å²) in [6.07, 6.45) is 0. The minimum atomic E-state index is -3.51. The third-order valence-corrected chi connectivity index (χ3v) is 4.42. The van der Waals surface area contributed by atoms with Gasteiger partial charge in [0.2, 0.25) is 15.9 Å². The van der Waals surface area contributed by atoms with Gasteiger partial charge in [0.25, 0.3) is 0 Å². The van der Waals surface area contributed by atoms with Crippen LogP contribution in [0.25, 0.3) is 0 Å². The van der Waals surface area contributed by atoms with Crippen molar-refractivity contribution in [3.8, 4) is 0 Å². The van der Waals surface area contributed by atoms with E-state index in [1.54, 1.807) is 6.07 Å². The molecule has 0 saturated heterocycles. The number of nitrogen functional groups attached to an aromatic ring is 1. The van der Waals surface area contributed by atoms with Crippen LogP contribution in [0.3, 0.4) is 0 Å².